The van der Waals surface area contributed by atoms with Gasteiger partial charge in [0.2, 0.25) is 11.8 Å². The van der Waals surface area contributed by atoms with Crippen molar-refractivity contribution in [2.24, 2.45) is 0 Å². The first-order chi connectivity index (χ1) is 12.1. The normalized spacial score (nSPS) is 15.8. The molecule has 0 radical (unpaired) electrons. The first-order valence-corrected chi connectivity index (χ1v) is 9.44. The van der Waals surface area contributed by atoms with E-state index in [0.717, 1.165) is 30.5 Å². The number of amides is 2. The third-order valence-electron chi connectivity index (χ3n) is 4.48. The van der Waals surface area contributed by atoms with Gasteiger partial charge in [-0.2, -0.15) is 0 Å². The van der Waals surface area contributed by atoms with Gasteiger partial charge in [-0.1, -0.05) is 38.8 Å². The summed E-state index contributed by atoms with van der Waals surface area (Å²) in [5.41, 5.74) is 1.72. The Balaban J connectivity index is 1.84. The Bertz CT molecular complexity index is 568. The number of nitrogens with one attached hydrogen (secondary N) is 2. The summed E-state index contributed by atoms with van der Waals surface area (Å²) < 4.78 is 5.95. The zero-order valence-electron chi connectivity index (χ0n) is 15.3. The molecule has 0 aromatic heterocycles. The number of carbonyl (C=O) groups is 2. The molecule has 138 valence electrons. The molecule has 0 aliphatic heterocycles. The van der Waals surface area contributed by atoms with Crippen LogP contribution < -0.4 is 10.6 Å². The highest BCUT2D eigenvalue weighted by Gasteiger charge is 2.24. The first-order valence-electron chi connectivity index (χ1n) is 9.44. The van der Waals surface area contributed by atoms with Crippen molar-refractivity contribution in [1.82, 2.24) is 5.32 Å². The van der Waals surface area contributed by atoms with Gasteiger partial charge in [0.1, 0.15) is 6.10 Å². The fourth-order valence-corrected chi connectivity index (χ4v) is 3.11. The van der Waals surface area contributed by atoms with E-state index >= 15 is 0 Å². The van der Waals surface area contributed by atoms with Crippen LogP contribution in [0.15, 0.2) is 24.3 Å². The molecular formula is C20H30N2O3. The molecule has 0 heterocycles. The fraction of sp³-hybridized carbons (Fsp3) is 0.600. The van der Waals surface area contributed by atoms with Gasteiger partial charge in [-0.25, -0.2) is 0 Å². The molecule has 1 fully saturated rings. The van der Waals surface area contributed by atoms with Crippen molar-refractivity contribution >= 4 is 17.5 Å². The Morgan fingerprint density at radius 3 is 2.68 bits per heavy atom. The van der Waals surface area contributed by atoms with Crippen LogP contribution in [0.4, 0.5) is 5.69 Å². The smallest absolute Gasteiger partial charge is 0.249 e. The third-order valence-corrected chi connectivity index (χ3v) is 4.48. The summed E-state index contributed by atoms with van der Waals surface area (Å²) in [4.78, 5) is 24.1. The van der Waals surface area contributed by atoms with E-state index in [0.29, 0.717) is 19.4 Å². The highest BCUT2D eigenvalue weighted by atomic mass is 16.5. The Morgan fingerprint density at radius 1 is 1.24 bits per heavy atom. The molecule has 1 aliphatic carbocycles. The lowest BCUT2D eigenvalue weighted by Gasteiger charge is -2.20. The maximum atomic E-state index is 12.4. The average Bonchev–Trinajstić information content (AvgIpc) is 3.11. The molecule has 5 nitrogen and oxygen atoms in total. The van der Waals surface area contributed by atoms with Gasteiger partial charge in [0.05, 0.1) is 6.10 Å². The van der Waals surface area contributed by atoms with Crippen molar-refractivity contribution in [2.75, 3.05) is 5.32 Å². The van der Waals surface area contributed by atoms with Crippen LogP contribution in [0.25, 0.3) is 0 Å². The van der Waals surface area contributed by atoms with E-state index < -0.39 is 0 Å². The maximum absolute atomic E-state index is 12.4. The largest absolute Gasteiger partial charge is 0.365 e. The highest BCUT2D eigenvalue weighted by molar-refractivity contribution is 5.90. The molecule has 1 saturated carbocycles. The number of rotatable bonds is 9. The summed E-state index contributed by atoms with van der Waals surface area (Å²) in [5, 5.41) is 5.83. The predicted molar refractivity (Wildman–Crippen MR) is 99.2 cm³/mol. The summed E-state index contributed by atoms with van der Waals surface area (Å²) in [7, 11) is 0. The minimum absolute atomic E-state index is 0.0136. The molecule has 25 heavy (non-hydrogen) atoms. The monoisotopic (exact) mass is 346 g/mol. The van der Waals surface area contributed by atoms with Crippen LogP contribution in [-0.4, -0.2) is 24.0 Å². The molecule has 1 aromatic rings. The topological polar surface area (TPSA) is 67.4 Å². The van der Waals surface area contributed by atoms with Crippen LogP contribution >= 0.6 is 0 Å². The van der Waals surface area contributed by atoms with Gasteiger partial charge in [-0.3, -0.25) is 9.59 Å². The summed E-state index contributed by atoms with van der Waals surface area (Å²) in [5.74, 6) is -0.0467. The van der Waals surface area contributed by atoms with E-state index in [2.05, 4.69) is 10.6 Å². The van der Waals surface area contributed by atoms with Crippen molar-refractivity contribution in [3.63, 3.8) is 0 Å². The van der Waals surface area contributed by atoms with Gasteiger partial charge in [0.25, 0.3) is 0 Å². The van der Waals surface area contributed by atoms with E-state index in [9.17, 15) is 9.59 Å². The van der Waals surface area contributed by atoms with Gasteiger partial charge in [0.15, 0.2) is 0 Å². The maximum Gasteiger partial charge on any atom is 0.249 e. The second kappa shape index (κ2) is 10.2. The molecule has 2 N–H and O–H groups in total. The van der Waals surface area contributed by atoms with Crippen LogP contribution in [-0.2, 0) is 20.9 Å². The number of carbonyl (C=O) groups excluding carboxylic acids is 2. The minimum Gasteiger partial charge on any atom is -0.365 e. The molecule has 1 unspecified atom stereocenters. The van der Waals surface area contributed by atoms with E-state index in [4.69, 9.17) is 4.74 Å². The Labute approximate surface area is 150 Å². The molecule has 2 rings (SSSR count). The Hall–Kier alpha value is -1.88. The lowest BCUT2D eigenvalue weighted by molar-refractivity contribution is -0.137. The quantitative estimate of drug-likeness (QED) is 0.715. The van der Waals surface area contributed by atoms with Gasteiger partial charge in [-0.05, 0) is 43.4 Å². The third kappa shape index (κ3) is 6.50. The average molecular weight is 346 g/mol. The van der Waals surface area contributed by atoms with Crippen molar-refractivity contribution in [1.29, 1.82) is 0 Å². The molecule has 0 bridgehead atoms. The molecule has 1 atom stereocenters. The Morgan fingerprint density at radius 2 is 2.00 bits per heavy atom. The highest BCUT2D eigenvalue weighted by Crippen LogP contribution is 2.23. The molecule has 1 aromatic carbocycles. The van der Waals surface area contributed by atoms with Crippen molar-refractivity contribution in [2.45, 2.75) is 77.5 Å². The minimum atomic E-state index is -0.379. The Kier molecular flexibility index (Phi) is 7.92. The van der Waals surface area contributed by atoms with Gasteiger partial charge in [0, 0.05) is 18.7 Å². The van der Waals surface area contributed by atoms with Crippen molar-refractivity contribution in [3.8, 4) is 0 Å². The molecule has 0 saturated heterocycles. The molecule has 2 amide bonds. The molecular weight excluding hydrogens is 316 g/mol. The van der Waals surface area contributed by atoms with Gasteiger partial charge >= 0.3 is 0 Å². The fourth-order valence-electron chi connectivity index (χ4n) is 3.11. The molecule has 0 spiro atoms. The van der Waals surface area contributed by atoms with Gasteiger partial charge in [-0.15, -0.1) is 0 Å². The van der Waals surface area contributed by atoms with Crippen molar-refractivity contribution < 1.29 is 14.3 Å². The van der Waals surface area contributed by atoms with Crippen LogP contribution in [0.3, 0.4) is 0 Å². The van der Waals surface area contributed by atoms with E-state index in [1.54, 1.807) is 0 Å². The first kappa shape index (κ1) is 19.4. The lowest BCUT2D eigenvalue weighted by Crippen LogP contribution is -2.37. The number of hydrogen-bond acceptors (Lipinski definition) is 3. The molecule has 5 heteroatoms. The summed E-state index contributed by atoms with van der Waals surface area (Å²) >= 11 is 0. The summed E-state index contributed by atoms with van der Waals surface area (Å²) in [6, 6.07) is 7.58. The SMILES string of the molecule is CCCC(=O)Nc1cccc(CNC(=O)C(CC)OC2CCCC2)c1. The second-order valence-electron chi connectivity index (χ2n) is 6.66. The van der Waals surface area contributed by atoms with Gasteiger partial charge < -0.3 is 15.4 Å². The number of anilines is 1. The second-order valence-corrected chi connectivity index (χ2v) is 6.66. The van der Waals surface area contributed by atoms with Crippen molar-refractivity contribution in [3.05, 3.63) is 29.8 Å². The van der Waals surface area contributed by atoms with Crippen LogP contribution in [0.1, 0.15) is 64.4 Å². The van der Waals surface area contributed by atoms with E-state index in [1.807, 2.05) is 38.1 Å². The lowest BCUT2D eigenvalue weighted by atomic mass is 10.1. The number of benzene rings is 1. The standard InChI is InChI=1S/C20H30N2O3/c1-3-8-19(23)22-16-10-7-9-15(13-16)14-21-20(24)18(4-2)25-17-11-5-6-12-17/h7,9-10,13,17-18H,3-6,8,11-12,14H2,1-2H3,(H,21,24)(H,22,23). The summed E-state index contributed by atoms with van der Waals surface area (Å²) in [6.07, 6.45) is 6.36. The van der Waals surface area contributed by atoms with Crippen LogP contribution in [0.5, 0.6) is 0 Å². The zero-order chi connectivity index (χ0) is 18.1. The number of hydrogen-bond donors (Lipinski definition) is 2. The van der Waals surface area contributed by atoms with E-state index in [-0.39, 0.29) is 24.0 Å². The van der Waals surface area contributed by atoms with Crippen LogP contribution in [0, 0.1) is 0 Å². The zero-order valence-corrected chi connectivity index (χ0v) is 15.3. The molecule has 1 aliphatic rings. The predicted octanol–water partition coefficient (Wildman–Crippen LogP) is 3.78. The van der Waals surface area contributed by atoms with Crippen LogP contribution in [0.2, 0.25) is 0 Å². The summed E-state index contributed by atoms with van der Waals surface area (Å²) in [6.45, 7) is 4.38. The number of ether oxygens (including phenoxy) is 1. The van der Waals surface area contributed by atoms with E-state index in [1.165, 1.54) is 12.8 Å².